The SMILES string of the molecule is CCOC1=CC=C[C@](C)(Br)C1. The molecule has 0 saturated heterocycles. The Morgan fingerprint density at radius 2 is 2.45 bits per heavy atom. The highest BCUT2D eigenvalue weighted by Crippen LogP contribution is 2.30. The maximum atomic E-state index is 5.40. The molecule has 0 radical (unpaired) electrons. The van der Waals surface area contributed by atoms with Gasteiger partial charge < -0.3 is 4.74 Å². The normalized spacial score (nSPS) is 29.9. The third-order valence-electron chi connectivity index (χ3n) is 1.58. The van der Waals surface area contributed by atoms with Crippen LogP contribution in [-0.2, 0) is 4.74 Å². The van der Waals surface area contributed by atoms with Gasteiger partial charge in [0.25, 0.3) is 0 Å². The molecular formula is C9H13BrO. The minimum absolute atomic E-state index is 0.0895. The molecule has 1 aliphatic carbocycles. The van der Waals surface area contributed by atoms with E-state index in [9.17, 15) is 0 Å². The van der Waals surface area contributed by atoms with Crippen molar-refractivity contribution in [2.75, 3.05) is 6.61 Å². The molecule has 1 atom stereocenters. The van der Waals surface area contributed by atoms with Gasteiger partial charge in [0.05, 0.1) is 12.4 Å². The van der Waals surface area contributed by atoms with Crippen molar-refractivity contribution in [2.24, 2.45) is 0 Å². The van der Waals surface area contributed by atoms with Gasteiger partial charge in [-0.05, 0) is 19.9 Å². The third-order valence-corrected chi connectivity index (χ3v) is 2.12. The Hall–Kier alpha value is -0.240. The Balaban J connectivity index is 2.58. The second kappa shape index (κ2) is 3.44. The second-order valence-corrected chi connectivity index (χ2v) is 4.69. The van der Waals surface area contributed by atoms with Crippen molar-refractivity contribution in [3.05, 3.63) is 24.0 Å². The number of hydrogen-bond donors (Lipinski definition) is 0. The molecule has 62 valence electrons. The quantitative estimate of drug-likeness (QED) is 0.646. The van der Waals surface area contributed by atoms with Crippen LogP contribution in [0.5, 0.6) is 0 Å². The summed E-state index contributed by atoms with van der Waals surface area (Å²) >= 11 is 3.60. The van der Waals surface area contributed by atoms with Crippen LogP contribution in [0.4, 0.5) is 0 Å². The van der Waals surface area contributed by atoms with Crippen molar-refractivity contribution in [1.82, 2.24) is 0 Å². The lowest BCUT2D eigenvalue weighted by Gasteiger charge is -2.22. The molecule has 2 heteroatoms. The minimum atomic E-state index is 0.0895. The largest absolute Gasteiger partial charge is 0.498 e. The Morgan fingerprint density at radius 1 is 1.73 bits per heavy atom. The first-order valence-electron chi connectivity index (χ1n) is 3.84. The molecule has 1 nitrogen and oxygen atoms in total. The molecule has 1 rings (SSSR count). The molecule has 0 unspecified atom stereocenters. The van der Waals surface area contributed by atoms with E-state index in [2.05, 4.69) is 28.9 Å². The van der Waals surface area contributed by atoms with E-state index in [0.717, 1.165) is 18.8 Å². The van der Waals surface area contributed by atoms with Crippen LogP contribution in [0.3, 0.4) is 0 Å². The standard InChI is InChI=1S/C9H13BrO/c1-3-11-8-5-4-6-9(2,10)7-8/h4-6H,3,7H2,1-2H3/t9-/m0/s1. The molecule has 0 amide bonds. The van der Waals surface area contributed by atoms with Crippen molar-refractivity contribution in [3.8, 4) is 0 Å². The fourth-order valence-electron chi connectivity index (χ4n) is 1.10. The van der Waals surface area contributed by atoms with E-state index < -0.39 is 0 Å². The van der Waals surface area contributed by atoms with Crippen molar-refractivity contribution in [1.29, 1.82) is 0 Å². The van der Waals surface area contributed by atoms with E-state index in [4.69, 9.17) is 4.74 Å². The van der Waals surface area contributed by atoms with Crippen LogP contribution in [0.2, 0.25) is 0 Å². The second-order valence-electron chi connectivity index (χ2n) is 2.88. The van der Waals surface area contributed by atoms with Crippen LogP contribution in [0.15, 0.2) is 24.0 Å². The predicted octanol–water partition coefficient (Wildman–Crippen LogP) is 3.02. The smallest absolute Gasteiger partial charge is 0.0976 e. The molecule has 0 spiro atoms. The highest BCUT2D eigenvalue weighted by Gasteiger charge is 2.21. The molecule has 0 aromatic heterocycles. The van der Waals surface area contributed by atoms with Gasteiger partial charge in [-0.1, -0.05) is 28.1 Å². The Labute approximate surface area is 76.3 Å². The summed E-state index contributed by atoms with van der Waals surface area (Å²) in [6.45, 7) is 4.89. The van der Waals surface area contributed by atoms with Gasteiger partial charge in [0, 0.05) is 10.7 Å². The van der Waals surface area contributed by atoms with Crippen molar-refractivity contribution in [3.63, 3.8) is 0 Å². The first-order valence-corrected chi connectivity index (χ1v) is 4.63. The molecule has 11 heavy (non-hydrogen) atoms. The van der Waals surface area contributed by atoms with Crippen LogP contribution in [0.25, 0.3) is 0 Å². The zero-order chi connectivity index (χ0) is 8.32. The minimum Gasteiger partial charge on any atom is -0.498 e. The first-order chi connectivity index (χ1) is 5.14. The number of alkyl halides is 1. The average Bonchev–Trinajstić information content (AvgIpc) is 1.85. The molecule has 0 fully saturated rings. The number of ether oxygens (including phenoxy) is 1. The van der Waals surface area contributed by atoms with E-state index in [-0.39, 0.29) is 4.32 Å². The van der Waals surface area contributed by atoms with Crippen LogP contribution >= 0.6 is 15.9 Å². The van der Waals surface area contributed by atoms with Gasteiger partial charge in [-0.3, -0.25) is 0 Å². The molecule has 0 aliphatic heterocycles. The maximum Gasteiger partial charge on any atom is 0.0976 e. The van der Waals surface area contributed by atoms with Crippen LogP contribution in [0.1, 0.15) is 20.3 Å². The topological polar surface area (TPSA) is 9.23 Å². The molecule has 0 aromatic carbocycles. The predicted molar refractivity (Wildman–Crippen MR) is 50.8 cm³/mol. The summed E-state index contributed by atoms with van der Waals surface area (Å²) in [4.78, 5) is 0. The van der Waals surface area contributed by atoms with Crippen molar-refractivity contribution < 1.29 is 4.74 Å². The van der Waals surface area contributed by atoms with Crippen molar-refractivity contribution in [2.45, 2.75) is 24.6 Å². The average molecular weight is 217 g/mol. The molecule has 0 saturated carbocycles. The Morgan fingerprint density at radius 3 is 3.00 bits per heavy atom. The van der Waals surface area contributed by atoms with Gasteiger partial charge >= 0.3 is 0 Å². The number of allylic oxidation sites excluding steroid dienone is 4. The molecule has 0 heterocycles. The Bertz CT molecular complexity index is 192. The zero-order valence-electron chi connectivity index (χ0n) is 6.93. The van der Waals surface area contributed by atoms with Gasteiger partial charge in [0.2, 0.25) is 0 Å². The van der Waals surface area contributed by atoms with Gasteiger partial charge in [-0.2, -0.15) is 0 Å². The summed E-state index contributed by atoms with van der Waals surface area (Å²) in [7, 11) is 0. The monoisotopic (exact) mass is 216 g/mol. The molecule has 0 bridgehead atoms. The molecular weight excluding hydrogens is 204 g/mol. The van der Waals surface area contributed by atoms with Crippen LogP contribution < -0.4 is 0 Å². The van der Waals surface area contributed by atoms with E-state index in [1.807, 2.05) is 19.1 Å². The summed E-state index contributed by atoms with van der Waals surface area (Å²) < 4.78 is 5.49. The van der Waals surface area contributed by atoms with Crippen molar-refractivity contribution >= 4 is 15.9 Å². The number of rotatable bonds is 2. The van der Waals surface area contributed by atoms with E-state index in [1.54, 1.807) is 0 Å². The summed E-state index contributed by atoms with van der Waals surface area (Å²) in [5, 5.41) is 0. The molecule has 0 aromatic rings. The van der Waals surface area contributed by atoms with E-state index in [0.29, 0.717) is 0 Å². The van der Waals surface area contributed by atoms with Gasteiger partial charge in [-0.15, -0.1) is 0 Å². The lowest BCUT2D eigenvalue weighted by atomic mass is 10.0. The lowest BCUT2D eigenvalue weighted by Crippen LogP contribution is -2.16. The number of halogens is 1. The number of hydrogen-bond acceptors (Lipinski definition) is 1. The fraction of sp³-hybridized carbons (Fsp3) is 0.556. The third kappa shape index (κ3) is 2.70. The van der Waals surface area contributed by atoms with Gasteiger partial charge in [0.15, 0.2) is 0 Å². The van der Waals surface area contributed by atoms with Gasteiger partial charge in [-0.25, -0.2) is 0 Å². The highest BCUT2D eigenvalue weighted by molar-refractivity contribution is 9.10. The highest BCUT2D eigenvalue weighted by atomic mass is 79.9. The summed E-state index contributed by atoms with van der Waals surface area (Å²) in [6.07, 6.45) is 7.13. The maximum absolute atomic E-state index is 5.40. The molecule has 0 N–H and O–H groups in total. The van der Waals surface area contributed by atoms with E-state index >= 15 is 0 Å². The van der Waals surface area contributed by atoms with Crippen LogP contribution in [0, 0.1) is 0 Å². The summed E-state index contributed by atoms with van der Waals surface area (Å²) in [5.74, 6) is 1.06. The summed E-state index contributed by atoms with van der Waals surface area (Å²) in [6, 6.07) is 0. The fourth-order valence-corrected chi connectivity index (χ4v) is 1.53. The van der Waals surface area contributed by atoms with E-state index in [1.165, 1.54) is 0 Å². The van der Waals surface area contributed by atoms with Gasteiger partial charge in [0.1, 0.15) is 0 Å². The van der Waals surface area contributed by atoms with Crippen LogP contribution in [-0.4, -0.2) is 10.9 Å². The Kier molecular flexibility index (Phi) is 2.77. The summed E-state index contributed by atoms with van der Waals surface area (Å²) in [5.41, 5.74) is 0. The first kappa shape index (κ1) is 8.85. The molecule has 1 aliphatic rings. The lowest BCUT2D eigenvalue weighted by molar-refractivity contribution is 0.214. The zero-order valence-corrected chi connectivity index (χ0v) is 8.52.